The summed E-state index contributed by atoms with van der Waals surface area (Å²) in [4.78, 5) is 27.5. The maximum absolute atomic E-state index is 13.1. The monoisotopic (exact) mass is 425 g/mol. The lowest BCUT2D eigenvalue weighted by Crippen LogP contribution is -2.56. The predicted molar refractivity (Wildman–Crippen MR) is 115 cm³/mol. The van der Waals surface area contributed by atoms with Crippen LogP contribution in [0.2, 0.25) is 0 Å². The number of piperidine rings is 1. The highest BCUT2D eigenvalue weighted by Crippen LogP contribution is 2.30. The van der Waals surface area contributed by atoms with E-state index in [0.29, 0.717) is 32.7 Å². The van der Waals surface area contributed by atoms with Crippen LogP contribution in [0.5, 0.6) is 5.75 Å². The zero-order valence-electron chi connectivity index (χ0n) is 17.7. The summed E-state index contributed by atoms with van der Waals surface area (Å²) in [6.45, 7) is 3.65. The molecule has 31 heavy (non-hydrogen) atoms. The number of para-hydroxylation sites is 1. The quantitative estimate of drug-likeness (QED) is 0.790. The molecule has 0 bridgehead atoms. The van der Waals surface area contributed by atoms with Gasteiger partial charge in [0.05, 0.1) is 11.5 Å². The molecule has 3 amide bonds. The van der Waals surface area contributed by atoms with Gasteiger partial charge in [-0.25, -0.2) is 9.18 Å². The van der Waals surface area contributed by atoms with E-state index in [1.54, 1.807) is 17.0 Å². The Labute approximate surface area is 181 Å². The van der Waals surface area contributed by atoms with E-state index >= 15 is 0 Å². The number of hydrogen-bond donors (Lipinski definition) is 2. The number of amides is 3. The van der Waals surface area contributed by atoms with E-state index in [4.69, 9.17) is 4.74 Å². The molecule has 2 atom stereocenters. The summed E-state index contributed by atoms with van der Waals surface area (Å²) < 4.78 is 18.8. The predicted octanol–water partition coefficient (Wildman–Crippen LogP) is 3.26. The van der Waals surface area contributed by atoms with Gasteiger partial charge in [0, 0.05) is 19.6 Å². The molecule has 2 aliphatic heterocycles. The molecule has 2 heterocycles. The minimum atomic E-state index is -0.661. The maximum Gasteiger partial charge on any atom is 0.317 e. The molecule has 0 saturated carbocycles. The van der Waals surface area contributed by atoms with Gasteiger partial charge in [0.15, 0.2) is 0 Å². The Balaban J connectivity index is 1.32. The average molecular weight is 426 g/mol. The minimum Gasteiger partial charge on any atom is -0.491 e. The van der Waals surface area contributed by atoms with Gasteiger partial charge in [0.2, 0.25) is 5.91 Å². The largest absolute Gasteiger partial charge is 0.491 e. The lowest BCUT2D eigenvalue weighted by molar-refractivity contribution is -0.132. The molecule has 6 nitrogen and oxygen atoms in total. The summed E-state index contributed by atoms with van der Waals surface area (Å²) in [5, 5.41) is 6.00. The van der Waals surface area contributed by atoms with Crippen LogP contribution in [0.3, 0.4) is 0 Å². The van der Waals surface area contributed by atoms with Crippen LogP contribution in [0, 0.1) is 11.2 Å². The highest BCUT2D eigenvalue weighted by atomic mass is 19.1. The second-order valence-electron chi connectivity index (χ2n) is 8.66. The van der Waals surface area contributed by atoms with Gasteiger partial charge in [-0.15, -0.1) is 0 Å². The third-order valence-electron chi connectivity index (χ3n) is 6.10. The second-order valence-corrected chi connectivity index (χ2v) is 8.66. The number of likely N-dealkylation sites (tertiary alicyclic amines) is 1. The summed E-state index contributed by atoms with van der Waals surface area (Å²) in [6, 6.07) is 13.7. The molecule has 164 valence electrons. The first-order chi connectivity index (χ1) is 14.9. The maximum atomic E-state index is 13.1. The topological polar surface area (TPSA) is 70.7 Å². The minimum absolute atomic E-state index is 0.0933. The lowest BCUT2D eigenvalue weighted by Gasteiger charge is -2.40. The Morgan fingerprint density at radius 1 is 1.19 bits per heavy atom. The van der Waals surface area contributed by atoms with Crippen molar-refractivity contribution in [1.82, 2.24) is 15.5 Å². The summed E-state index contributed by atoms with van der Waals surface area (Å²) in [7, 11) is 0. The first kappa shape index (κ1) is 21.2. The lowest BCUT2D eigenvalue weighted by atomic mass is 9.81. The number of nitrogens with one attached hydrogen (secondary N) is 2. The summed E-state index contributed by atoms with van der Waals surface area (Å²) >= 11 is 0. The molecule has 0 spiro atoms. The molecule has 1 fully saturated rings. The summed E-state index contributed by atoms with van der Waals surface area (Å²) in [6.07, 6.45) is 2.20. The number of urea groups is 1. The van der Waals surface area contributed by atoms with Gasteiger partial charge in [-0.05, 0) is 55.5 Å². The van der Waals surface area contributed by atoms with Crippen LogP contribution in [-0.2, 0) is 17.8 Å². The van der Waals surface area contributed by atoms with Gasteiger partial charge in [-0.2, -0.15) is 0 Å². The van der Waals surface area contributed by atoms with Crippen molar-refractivity contribution in [3.8, 4) is 5.75 Å². The highest BCUT2D eigenvalue weighted by molar-refractivity contribution is 5.84. The van der Waals surface area contributed by atoms with Gasteiger partial charge in [0.25, 0.3) is 0 Å². The number of nitrogens with zero attached hydrogens (tertiary/aromatic N) is 1. The van der Waals surface area contributed by atoms with Crippen LogP contribution in [0.4, 0.5) is 9.18 Å². The van der Waals surface area contributed by atoms with E-state index in [1.807, 2.05) is 31.2 Å². The van der Waals surface area contributed by atoms with Crippen LogP contribution in [-0.4, -0.2) is 42.6 Å². The van der Waals surface area contributed by atoms with Crippen molar-refractivity contribution in [3.05, 3.63) is 65.5 Å². The second kappa shape index (κ2) is 8.96. The number of benzene rings is 2. The molecule has 2 aliphatic rings. The van der Waals surface area contributed by atoms with Crippen LogP contribution in [0.1, 0.15) is 30.9 Å². The number of carbonyl (C=O) groups is 2. The Kier molecular flexibility index (Phi) is 6.11. The van der Waals surface area contributed by atoms with Crippen molar-refractivity contribution in [2.75, 3.05) is 19.7 Å². The molecule has 2 aromatic rings. The number of carbonyl (C=O) groups excluding carboxylic acids is 2. The molecular weight excluding hydrogens is 397 g/mol. The van der Waals surface area contributed by atoms with Gasteiger partial charge in [-0.1, -0.05) is 30.3 Å². The van der Waals surface area contributed by atoms with Gasteiger partial charge in [-0.3, -0.25) is 4.79 Å². The number of ether oxygens (including phenoxy) is 1. The number of hydrogen-bond acceptors (Lipinski definition) is 3. The van der Waals surface area contributed by atoms with E-state index in [0.717, 1.165) is 29.7 Å². The Bertz CT molecular complexity index is 949. The fourth-order valence-corrected chi connectivity index (χ4v) is 4.28. The first-order valence-electron chi connectivity index (χ1n) is 10.7. The van der Waals surface area contributed by atoms with Crippen molar-refractivity contribution in [2.24, 2.45) is 5.41 Å². The number of fused-ring (bicyclic) bond motifs is 1. The zero-order chi connectivity index (χ0) is 21.8. The molecule has 2 aromatic carbocycles. The standard InChI is InChI=1S/C24H28FN3O3/c1-24(22(29)26-14-17-7-9-19(25)10-8-17)11-4-12-28(16-24)23(30)27-20-13-18-5-2-3-6-21(18)31-15-20/h2-3,5-10,20H,4,11-16H2,1H3,(H,26,29)(H,27,30). The van der Waals surface area contributed by atoms with Gasteiger partial charge >= 0.3 is 6.03 Å². The van der Waals surface area contributed by atoms with E-state index in [2.05, 4.69) is 10.6 Å². The molecule has 2 unspecified atom stereocenters. The van der Waals surface area contributed by atoms with Crippen molar-refractivity contribution in [3.63, 3.8) is 0 Å². The normalized spacial score (nSPS) is 22.8. The molecule has 0 aromatic heterocycles. The van der Waals surface area contributed by atoms with E-state index in [1.165, 1.54) is 12.1 Å². The van der Waals surface area contributed by atoms with Crippen LogP contribution in [0.25, 0.3) is 0 Å². The van der Waals surface area contributed by atoms with E-state index in [9.17, 15) is 14.0 Å². The highest BCUT2D eigenvalue weighted by Gasteiger charge is 2.39. The molecule has 0 radical (unpaired) electrons. The van der Waals surface area contributed by atoms with Crippen LogP contribution >= 0.6 is 0 Å². The SMILES string of the molecule is CC1(C(=O)NCc2ccc(F)cc2)CCCN(C(=O)NC2COc3ccccc3C2)C1. The molecule has 2 N–H and O–H groups in total. The average Bonchev–Trinajstić information content (AvgIpc) is 2.78. The molecule has 1 saturated heterocycles. The third-order valence-corrected chi connectivity index (χ3v) is 6.10. The molecule has 0 aliphatic carbocycles. The Hall–Kier alpha value is -3.09. The van der Waals surface area contributed by atoms with Crippen molar-refractivity contribution in [2.45, 2.75) is 38.8 Å². The van der Waals surface area contributed by atoms with Gasteiger partial charge in [0.1, 0.15) is 18.2 Å². The first-order valence-corrected chi connectivity index (χ1v) is 10.7. The number of halogens is 1. The zero-order valence-corrected chi connectivity index (χ0v) is 17.7. The fourth-order valence-electron chi connectivity index (χ4n) is 4.28. The van der Waals surface area contributed by atoms with Crippen molar-refractivity contribution < 1.29 is 18.7 Å². The number of rotatable bonds is 4. The van der Waals surface area contributed by atoms with E-state index < -0.39 is 5.41 Å². The summed E-state index contributed by atoms with van der Waals surface area (Å²) in [5.74, 6) is 0.475. The van der Waals surface area contributed by atoms with Crippen LogP contribution in [0.15, 0.2) is 48.5 Å². The summed E-state index contributed by atoms with van der Waals surface area (Å²) in [5.41, 5.74) is 1.26. The smallest absolute Gasteiger partial charge is 0.317 e. The van der Waals surface area contributed by atoms with Crippen LogP contribution < -0.4 is 15.4 Å². The van der Waals surface area contributed by atoms with E-state index in [-0.39, 0.29) is 23.8 Å². The Morgan fingerprint density at radius 3 is 2.77 bits per heavy atom. The van der Waals surface area contributed by atoms with Crippen molar-refractivity contribution >= 4 is 11.9 Å². The molecule has 7 heteroatoms. The molecule has 4 rings (SSSR count). The van der Waals surface area contributed by atoms with Gasteiger partial charge < -0.3 is 20.3 Å². The third kappa shape index (κ3) is 4.98. The fraction of sp³-hybridized carbons (Fsp3) is 0.417. The van der Waals surface area contributed by atoms with Crippen molar-refractivity contribution in [1.29, 1.82) is 0 Å². The Morgan fingerprint density at radius 2 is 1.97 bits per heavy atom. The molecular formula is C24H28FN3O3.